The number of hydrogen-bond donors (Lipinski definition) is 0. The van der Waals surface area contributed by atoms with Gasteiger partial charge in [0.1, 0.15) is 0 Å². The van der Waals surface area contributed by atoms with E-state index in [9.17, 15) is 0 Å². The summed E-state index contributed by atoms with van der Waals surface area (Å²) in [5, 5.41) is 0. The highest BCUT2D eigenvalue weighted by Gasteiger charge is 2.65. The second-order valence-corrected chi connectivity index (χ2v) is 6.72. The molecule has 92 valence electrons. The molecule has 2 rings (SSSR count). The van der Waals surface area contributed by atoms with Crippen LogP contribution in [-0.4, -0.2) is 0 Å². The van der Waals surface area contributed by atoms with Crippen molar-refractivity contribution in [1.29, 1.82) is 0 Å². The number of rotatable bonds is 2. The molecule has 0 aromatic heterocycles. The largest absolute Gasteiger partial charge is 0.0673 e. The molecule has 5 unspecified atom stereocenters. The molecule has 0 heteroatoms. The van der Waals surface area contributed by atoms with Crippen molar-refractivity contribution in [2.45, 2.75) is 61.3 Å². The molecule has 0 spiro atoms. The molecule has 1 fully saturated rings. The monoisotopic (exact) mass is 220 g/mol. The van der Waals surface area contributed by atoms with Crippen LogP contribution in [0, 0.1) is 28.6 Å². The summed E-state index contributed by atoms with van der Waals surface area (Å²) in [6.07, 6.45) is 2.74. The van der Waals surface area contributed by atoms with Crippen LogP contribution in [0.5, 0.6) is 0 Å². The third-order valence-corrected chi connectivity index (χ3v) is 6.90. The van der Waals surface area contributed by atoms with Gasteiger partial charge in [0.15, 0.2) is 0 Å². The Morgan fingerprint density at radius 2 is 1.50 bits per heavy atom. The van der Waals surface area contributed by atoms with Gasteiger partial charge in [-0.3, -0.25) is 0 Å². The SMILES string of the molecule is CCCC1C(C)C2(C)C(C)=C(C)C1(C)C2C. The summed E-state index contributed by atoms with van der Waals surface area (Å²) in [7, 11) is 0. The van der Waals surface area contributed by atoms with Crippen LogP contribution in [0.4, 0.5) is 0 Å². The highest BCUT2D eigenvalue weighted by atomic mass is 14.7. The van der Waals surface area contributed by atoms with Crippen LogP contribution in [0.25, 0.3) is 0 Å². The van der Waals surface area contributed by atoms with E-state index in [0.29, 0.717) is 10.8 Å². The summed E-state index contributed by atoms with van der Waals surface area (Å²) >= 11 is 0. The first-order valence-corrected chi connectivity index (χ1v) is 7.01. The first kappa shape index (κ1) is 12.2. The zero-order valence-corrected chi connectivity index (χ0v) is 12.1. The fraction of sp³-hybridized carbons (Fsp3) is 0.875. The molecule has 2 aliphatic rings. The maximum Gasteiger partial charge on any atom is -0.00513 e. The molecule has 2 aliphatic carbocycles. The average molecular weight is 220 g/mol. The van der Waals surface area contributed by atoms with Crippen molar-refractivity contribution in [3.8, 4) is 0 Å². The Balaban J connectivity index is 2.54. The highest BCUT2D eigenvalue weighted by Crippen LogP contribution is 2.72. The second kappa shape index (κ2) is 3.37. The van der Waals surface area contributed by atoms with Crippen LogP contribution in [0.3, 0.4) is 0 Å². The van der Waals surface area contributed by atoms with E-state index in [1.54, 1.807) is 11.1 Å². The minimum Gasteiger partial charge on any atom is -0.0673 e. The Bertz CT molecular complexity index is 338. The molecular weight excluding hydrogens is 192 g/mol. The van der Waals surface area contributed by atoms with Gasteiger partial charge in [-0.1, -0.05) is 52.2 Å². The van der Waals surface area contributed by atoms with E-state index < -0.39 is 0 Å². The summed E-state index contributed by atoms with van der Waals surface area (Å²) in [6, 6.07) is 0. The molecule has 0 radical (unpaired) electrons. The van der Waals surface area contributed by atoms with Gasteiger partial charge in [-0.15, -0.1) is 0 Å². The van der Waals surface area contributed by atoms with Crippen molar-refractivity contribution >= 4 is 0 Å². The van der Waals surface area contributed by atoms with Crippen molar-refractivity contribution in [3.63, 3.8) is 0 Å². The quantitative estimate of drug-likeness (QED) is 0.571. The summed E-state index contributed by atoms with van der Waals surface area (Å²) in [4.78, 5) is 0. The van der Waals surface area contributed by atoms with Gasteiger partial charge >= 0.3 is 0 Å². The van der Waals surface area contributed by atoms with Crippen LogP contribution in [0.2, 0.25) is 0 Å². The zero-order valence-electron chi connectivity index (χ0n) is 12.1. The lowest BCUT2D eigenvalue weighted by atomic mass is 9.65. The molecule has 0 saturated heterocycles. The minimum absolute atomic E-state index is 0.471. The molecule has 0 N–H and O–H groups in total. The molecule has 0 aliphatic heterocycles. The molecule has 0 amide bonds. The highest BCUT2D eigenvalue weighted by molar-refractivity contribution is 5.40. The van der Waals surface area contributed by atoms with Crippen LogP contribution < -0.4 is 0 Å². The summed E-state index contributed by atoms with van der Waals surface area (Å²) in [5.74, 6) is 2.59. The van der Waals surface area contributed by atoms with Crippen LogP contribution in [0.1, 0.15) is 61.3 Å². The molecule has 5 atom stereocenters. The van der Waals surface area contributed by atoms with E-state index >= 15 is 0 Å². The van der Waals surface area contributed by atoms with Crippen LogP contribution in [0.15, 0.2) is 11.1 Å². The van der Waals surface area contributed by atoms with Gasteiger partial charge in [0.25, 0.3) is 0 Å². The minimum atomic E-state index is 0.471. The van der Waals surface area contributed by atoms with Gasteiger partial charge < -0.3 is 0 Å². The van der Waals surface area contributed by atoms with Crippen molar-refractivity contribution in [2.75, 3.05) is 0 Å². The Hall–Kier alpha value is -0.260. The number of fused-ring (bicyclic) bond motifs is 2. The van der Waals surface area contributed by atoms with E-state index in [0.717, 1.165) is 17.8 Å². The lowest BCUT2D eigenvalue weighted by molar-refractivity contribution is 0.190. The van der Waals surface area contributed by atoms with Crippen LogP contribution in [-0.2, 0) is 0 Å². The predicted octanol–water partition coefficient (Wildman–Crippen LogP) is 5.05. The summed E-state index contributed by atoms with van der Waals surface area (Å²) in [5.41, 5.74) is 4.36. The number of allylic oxidation sites excluding steroid dienone is 2. The lowest BCUT2D eigenvalue weighted by Crippen LogP contribution is -2.31. The lowest BCUT2D eigenvalue weighted by Gasteiger charge is -2.40. The van der Waals surface area contributed by atoms with Gasteiger partial charge in [-0.2, -0.15) is 0 Å². The average Bonchev–Trinajstić information content (AvgIpc) is 2.48. The Kier molecular flexibility index (Phi) is 2.57. The zero-order chi connectivity index (χ0) is 12.3. The third-order valence-electron chi connectivity index (χ3n) is 6.90. The molecule has 2 bridgehead atoms. The van der Waals surface area contributed by atoms with Crippen LogP contribution >= 0.6 is 0 Å². The summed E-state index contributed by atoms with van der Waals surface area (Å²) < 4.78 is 0. The Morgan fingerprint density at radius 3 is 1.94 bits per heavy atom. The molecule has 16 heavy (non-hydrogen) atoms. The molecule has 0 heterocycles. The van der Waals surface area contributed by atoms with E-state index in [2.05, 4.69) is 48.5 Å². The maximum absolute atomic E-state index is 2.53. The van der Waals surface area contributed by atoms with Crippen molar-refractivity contribution in [1.82, 2.24) is 0 Å². The molecule has 0 aromatic rings. The van der Waals surface area contributed by atoms with Gasteiger partial charge in [0, 0.05) is 0 Å². The van der Waals surface area contributed by atoms with E-state index in [1.807, 2.05) is 0 Å². The number of hydrogen-bond acceptors (Lipinski definition) is 0. The van der Waals surface area contributed by atoms with Gasteiger partial charge in [0.2, 0.25) is 0 Å². The smallest absolute Gasteiger partial charge is 0.00513 e. The van der Waals surface area contributed by atoms with Crippen molar-refractivity contribution in [2.24, 2.45) is 28.6 Å². The fourth-order valence-corrected chi connectivity index (χ4v) is 5.21. The van der Waals surface area contributed by atoms with Gasteiger partial charge in [-0.05, 0) is 48.9 Å². The molecule has 0 aromatic carbocycles. The Labute approximate surface area is 102 Å². The first-order valence-electron chi connectivity index (χ1n) is 7.01. The third kappa shape index (κ3) is 1.02. The topological polar surface area (TPSA) is 0 Å². The molecular formula is C16H28. The fourth-order valence-electron chi connectivity index (χ4n) is 5.21. The van der Waals surface area contributed by atoms with E-state index in [4.69, 9.17) is 0 Å². The van der Waals surface area contributed by atoms with Crippen molar-refractivity contribution in [3.05, 3.63) is 11.1 Å². The maximum atomic E-state index is 2.53. The molecule has 0 nitrogen and oxygen atoms in total. The summed E-state index contributed by atoms with van der Waals surface area (Å²) in [6.45, 7) is 17.2. The normalized spacial score (nSPS) is 51.6. The van der Waals surface area contributed by atoms with Crippen molar-refractivity contribution < 1.29 is 0 Å². The first-order chi connectivity index (χ1) is 7.32. The Morgan fingerprint density at radius 1 is 1.00 bits per heavy atom. The second-order valence-electron chi connectivity index (χ2n) is 6.72. The van der Waals surface area contributed by atoms with Gasteiger partial charge in [0.05, 0.1) is 0 Å². The predicted molar refractivity (Wildman–Crippen MR) is 71.3 cm³/mol. The standard InChI is InChI=1S/C16H28/c1-8-9-14-12(4)15(6)10(2)11(3)16(14,7)13(15)5/h12-14H,8-9H2,1-7H3. The molecule has 1 saturated carbocycles. The van der Waals surface area contributed by atoms with Gasteiger partial charge in [-0.25, -0.2) is 0 Å². The van der Waals surface area contributed by atoms with E-state index in [1.165, 1.54) is 12.8 Å². The van der Waals surface area contributed by atoms with E-state index in [-0.39, 0.29) is 0 Å².